The zero-order chi connectivity index (χ0) is 8.43. The van der Waals surface area contributed by atoms with Gasteiger partial charge in [0.25, 0.3) is 0 Å². The zero-order valence-corrected chi connectivity index (χ0v) is 7.24. The van der Waals surface area contributed by atoms with Gasteiger partial charge in [0.1, 0.15) is 0 Å². The van der Waals surface area contributed by atoms with Gasteiger partial charge in [0.2, 0.25) is 0 Å². The number of nitrogens with zero attached hydrogens (tertiary/aromatic N) is 1. The van der Waals surface area contributed by atoms with Gasteiger partial charge in [-0.1, -0.05) is 17.7 Å². The summed E-state index contributed by atoms with van der Waals surface area (Å²) >= 11 is 5.82. The molecule has 1 rings (SSSR count). The lowest BCUT2D eigenvalue weighted by Crippen LogP contribution is -1.78. The van der Waals surface area contributed by atoms with Gasteiger partial charge in [-0.3, -0.25) is 0 Å². The molecule has 0 amide bonds. The van der Waals surface area contributed by atoms with Gasteiger partial charge in [-0.15, -0.1) is 0 Å². The number of aryl methyl sites for hydroxylation is 2. The van der Waals surface area contributed by atoms with Crippen LogP contribution >= 0.6 is 11.6 Å². The minimum Gasteiger partial charge on any atom is -0.238 e. The van der Waals surface area contributed by atoms with Crippen LogP contribution in [0.25, 0.3) is 4.85 Å². The van der Waals surface area contributed by atoms with Gasteiger partial charge in [0, 0.05) is 5.02 Å². The van der Waals surface area contributed by atoms with Crippen LogP contribution in [0.5, 0.6) is 0 Å². The van der Waals surface area contributed by atoms with Crippen molar-refractivity contribution in [1.29, 1.82) is 0 Å². The van der Waals surface area contributed by atoms with Gasteiger partial charge in [-0.25, -0.2) is 4.85 Å². The molecule has 0 aliphatic carbocycles. The summed E-state index contributed by atoms with van der Waals surface area (Å²) in [6.45, 7) is 10.7. The second-order valence-electron chi connectivity index (χ2n) is 2.50. The molecule has 0 spiro atoms. The van der Waals surface area contributed by atoms with Gasteiger partial charge < -0.3 is 0 Å². The number of hydrogen-bond donors (Lipinski definition) is 0. The minimum absolute atomic E-state index is 0.639. The average molecular weight is 166 g/mol. The summed E-state index contributed by atoms with van der Waals surface area (Å²) in [6, 6.07) is 3.63. The lowest BCUT2D eigenvalue weighted by atomic mass is 10.1. The van der Waals surface area contributed by atoms with Crippen molar-refractivity contribution in [3.8, 4) is 0 Å². The number of halogens is 1. The van der Waals surface area contributed by atoms with E-state index in [1.807, 2.05) is 19.9 Å². The Kier molecular flexibility index (Phi) is 2.16. The molecule has 0 saturated heterocycles. The maximum Gasteiger partial charge on any atom is 0.191 e. The van der Waals surface area contributed by atoms with Crippen LogP contribution in [0.15, 0.2) is 12.1 Å². The Hall–Kier alpha value is -1.00. The molecular weight excluding hydrogens is 158 g/mol. The van der Waals surface area contributed by atoms with Crippen molar-refractivity contribution in [3.05, 3.63) is 39.7 Å². The van der Waals surface area contributed by atoms with Gasteiger partial charge in [0.15, 0.2) is 5.69 Å². The van der Waals surface area contributed by atoms with E-state index in [0.717, 1.165) is 11.1 Å². The van der Waals surface area contributed by atoms with E-state index in [1.165, 1.54) is 0 Å². The first-order chi connectivity index (χ1) is 5.15. The summed E-state index contributed by atoms with van der Waals surface area (Å²) in [7, 11) is 0. The van der Waals surface area contributed by atoms with Crippen LogP contribution in [0.1, 0.15) is 11.1 Å². The molecule has 0 heterocycles. The lowest BCUT2D eigenvalue weighted by molar-refractivity contribution is 1.40. The van der Waals surface area contributed by atoms with E-state index in [4.69, 9.17) is 18.2 Å². The van der Waals surface area contributed by atoms with E-state index >= 15 is 0 Å². The Labute approximate surface area is 71.4 Å². The molecule has 0 radical (unpaired) electrons. The molecule has 1 aromatic rings. The van der Waals surface area contributed by atoms with Crippen LogP contribution in [0.2, 0.25) is 5.02 Å². The fraction of sp³-hybridized carbons (Fsp3) is 0.222. The van der Waals surface area contributed by atoms with Crippen LogP contribution in [-0.2, 0) is 0 Å². The Bertz CT molecular complexity index is 323. The van der Waals surface area contributed by atoms with Crippen molar-refractivity contribution in [3.63, 3.8) is 0 Å². The van der Waals surface area contributed by atoms with Crippen LogP contribution in [0.4, 0.5) is 5.69 Å². The van der Waals surface area contributed by atoms with E-state index in [2.05, 4.69) is 4.85 Å². The Balaban J connectivity index is 3.35. The predicted molar refractivity (Wildman–Crippen MR) is 47.2 cm³/mol. The van der Waals surface area contributed by atoms with Gasteiger partial charge in [-0.2, -0.15) is 0 Å². The Morgan fingerprint density at radius 3 is 2.45 bits per heavy atom. The first kappa shape index (κ1) is 8.10. The van der Waals surface area contributed by atoms with Crippen molar-refractivity contribution in [1.82, 2.24) is 0 Å². The zero-order valence-electron chi connectivity index (χ0n) is 6.48. The van der Waals surface area contributed by atoms with Crippen LogP contribution < -0.4 is 0 Å². The topological polar surface area (TPSA) is 4.36 Å². The second kappa shape index (κ2) is 2.94. The lowest BCUT2D eigenvalue weighted by Gasteiger charge is -2.00. The quantitative estimate of drug-likeness (QED) is 0.519. The molecule has 2 heteroatoms. The first-order valence-corrected chi connectivity index (χ1v) is 3.67. The van der Waals surface area contributed by atoms with Gasteiger partial charge >= 0.3 is 0 Å². The number of hydrogen-bond acceptors (Lipinski definition) is 0. The van der Waals surface area contributed by atoms with Crippen molar-refractivity contribution < 1.29 is 0 Å². The van der Waals surface area contributed by atoms with E-state index in [0.29, 0.717) is 10.7 Å². The Morgan fingerprint density at radius 2 is 1.91 bits per heavy atom. The van der Waals surface area contributed by atoms with Gasteiger partial charge in [0.05, 0.1) is 6.57 Å². The van der Waals surface area contributed by atoms with Crippen molar-refractivity contribution in [2.24, 2.45) is 0 Å². The van der Waals surface area contributed by atoms with E-state index in [1.54, 1.807) is 6.07 Å². The molecule has 0 bridgehead atoms. The number of benzene rings is 1. The molecule has 0 unspecified atom stereocenters. The fourth-order valence-electron chi connectivity index (χ4n) is 0.936. The highest BCUT2D eigenvalue weighted by atomic mass is 35.5. The molecule has 0 N–H and O–H groups in total. The molecule has 0 aromatic heterocycles. The monoisotopic (exact) mass is 165 g/mol. The normalized spacial score (nSPS) is 9.27. The van der Waals surface area contributed by atoms with Crippen molar-refractivity contribution in [2.75, 3.05) is 0 Å². The summed E-state index contributed by atoms with van der Waals surface area (Å²) in [4.78, 5) is 3.34. The van der Waals surface area contributed by atoms with Crippen molar-refractivity contribution >= 4 is 17.3 Å². The fourth-order valence-corrected chi connectivity index (χ4v) is 1.09. The first-order valence-electron chi connectivity index (χ1n) is 3.29. The molecule has 11 heavy (non-hydrogen) atoms. The summed E-state index contributed by atoms with van der Waals surface area (Å²) < 4.78 is 0. The van der Waals surface area contributed by atoms with Crippen molar-refractivity contribution in [2.45, 2.75) is 13.8 Å². The molecule has 0 aliphatic heterocycles. The third-order valence-corrected chi connectivity index (χ3v) is 2.00. The molecular formula is C9H8ClN. The molecule has 0 aliphatic rings. The largest absolute Gasteiger partial charge is 0.238 e. The molecule has 56 valence electrons. The highest BCUT2D eigenvalue weighted by Crippen LogP contribution is 2.26. The maximum absolute atomic E-state index is 6.82. The van der Waals surface area contributed by atoms with Gasteiger partial charge in [-0.05, 0) is 31.0 Å². The maximum atomic E-state index is 6.82. The molecule has 0 fully saturated rings. The average Bonchev–Trinajstić information content (AvgIpc) is 1.97. The highest BCUT2D eigenvalue weighted by molar-refractivity contribution is 6.31. The highest BCUT2D eigenvalue weighted by Gasteiger charge is 2.00. The van der Waals surface area contributed by atoms with E-state index in [-0.39, 0.29) is 0 Å². The SMILES string of the molecule is [C-]#[N+]c1cc(Cl)c(C)cc1C. The standard InChI is InChI=1S/C9H8ClN/c1-6-4-7(2)9(11-3)5-8(6)10/h4-5H,1-2H3. The molecule has 0 atom stereocenters. The summed E-state index contributed by atoms with van der Waals surface area (Å²) in [6.07, 6.45) is 0. The van der Waals surface area contributed by atoms with Crippen LogP contribution in [-0.4, -0.2) is 0 Å². The van der Waals surface area contributed by atoms with E-state index < -0.39 is 0 Å². The predicted octanol–water partition coefficient (Wildman–Crippen LogP) is 3.51. The summed E-state index contributed by atoms with van der Waals surface area (Å²) in [5.74, 6) is 0. The number of rotatable bonds is 0. The minimum atomic E-state index is 0.639. The van der Waals surface area contributed by atoms with E-state index in [9.17, 15) is 0 Å². The molecule has 1 nitrogen and oxygen atoms in total. The third kappa shape index (κ3) is 1.53. The molecule has 0 saturated carbocycles. The smallest absolute Gasteiger partial charge is 0.191 e. The third-order valence-electron chi connectivity index (χ3n) is 1.60. The molecule has 1 aromatic carbocycles. The summed E-state index contributed by atoms with van der Waals surface area (Å²) in [5, 5.41) is 0.668. The van der Waals surface area contributed by atoms with Crippen LogP contribution in [0, 0.1) is 20.4 Å². The Morgan fingerprint density at radius 1 is 1.27 bits per heavy atom. The second-order valence-corrected chi connectivity index (χ2v) is 2.91. The summed E-state index contributed by atoms with van der Waals surface area (Å²) in [5.41, 5.74) is 2.65. The van der Waals surface area contributed by atoms with Crippen LogP contribution in [0.3, 0.4) is 0 Å².